The van der Waals surface area contributed by atoms with Gasteiger partial charge in [0.1, 0.15) is 0 Å². The second kappa shape index (κ2) is 15.7. The van der Waals surface area contributed by atoms with Gasteiger partial charge in [-0.15, -0.1) is 0 Å². The van der Waals surface area contributed by atoms with E-state index in [9.17, 15) is 0 Å². The maximum atomic E-state index is 9.13. The molecular weight excluding hydrogens is 304 g/mol. The first-order valence-corrected chi connectivity index (χ1v) is 9.94. The molecule has 0 amide bonds. The molecule has 2 unspecified atom stereocenters. The van der Waals surface area contributed by atoms with Gasteiger partial charge in [-0.2, -0.15) is 8.42 Å². The lowest BCUT2D eigenvalue weighted by Gasteiger charge is -2.10. The predicted octanol–water partition coefficient (Wildman–Crippen LogP) is 4.66. The Hall–Kier alpha value is -0.170. The molecular formula is C16H36O5S. The van der Waals surface area contributed by atoms with Gasteiger partial charge in [-0.3, -0.25) is 9.11 Å². The summed E-state index contributed by atoms with van der Waals surface area (Å²) in [5.41, 5.74) is 0. The second-order valence-electron chi connectivity index (χ2n) is 6.24. The Balaban J connectivity index is 0. The van der Waals surface area contributed by atoms with Crippen molar-refractivity contribution in [2.45, 2.75) is 97.5 Å². The zero-order chi connectivity index (χ0) is 17.4. The fourth-order valence-electron chi connectivity index (χ4n) is 2.34. The largest absolute Gasteiger partial charge is 0.394 e. The van der Waals surface area contributed by atoms with Crippen LogP contribution >= 0.6 is 0 Å². The number of hydrogen-bond acceptors (Lipinski definition) is 3. The van der Waals surface area contributed by atoms with E-state index < -0.39 is 10.4 Å². The number of unbranched alkanes of at least 4 members (excludes halogenated alkanes) is 6. The van der Waals surface area contributed by atoms with E-state index in [-0.39, 0.29) is 6.10 Å². The van der Waals surface area contributed by atoms with Gasteiger partial charge in [0.15, 0.2) is 0 Å². The monoisotopic (exact) mass is 340 g/mol. The Morgan fingerprint density at radius 3 is 1.55 bits per heavy atom. The SMILES string of the molecule is CCCCC(C)CCCCCCCCC(C)O.O=S(=O)(O)O. The molecule has 0 radical (unpaired) electrons. The van der Waals surface area contributed by atoms with Crippen molar-refractivity contribution >= 4 is 10.4 Å². The minimum atomic E-state index is -4.67. The molecule has 5 nitrogen and oxygen atoms in total. The van der Waals surface area contributed by atoms with E-state index in [1.807, 2.05) is 6.92 Å². The van der Waals surface area contributed by atoms with Crippen LogP contribution in [-0.4, -0.2) is 28.7 Å². The molecule has 0 aliphatic rings. The lowest BCUT2D eigenvalue weighted by Crippen LogP contribution is -1.98. The molecule has 0 aliphatic carbocycles. The molecule has 0 saturated carbocycles. The summed E-state index contributed by atoms with van der Waals surface area (Å²) in [7, 11) is -4.67. The summed E-state index contributed by atoms with van der Waals surface area (Å²) in [4.78, 5) is 0. The average molecular weight is 341 g/mol. The van der Waals surface area contributed by atoms with Crippen LogP contribution in [0.2, 0.25) is 0 Å². The van der Waals surface area contributed by atoms with Crippen molar-refractivity contribution < 1.29 is 22.6 Å². The third-order valence-corrected chi connectivity index (χ3v) is 3.62. The normalized spacial score (nSPS) is 14.1. The summed E-state index contributed by atoms with van der Waals surface area (Å²) in [6.45, 7) is 6.57. The highest BCUT2D eigenvalue weighted by Crippen LogP contribution is 2.17. The summed E-state index contributed by atoms with van der Waals surface area (Å²) >= 11 is 0. The van der Waals surface area contributed by atoms with Crippen LogP contribution in [0.3, 0.4) is 0 Å². The lowest BCUT2D eigenvalue weighted by atomic mass is 9.97. The van der Waals surface area contributed by atoms with E-state index in [1.165, 1.54) is 64.2 Å². The number of aliphatic hydroxyl groups excluding tert-OH is 1. The van der Waals surface area contributed by atoms with Gasteiger partial charge in [-0.1, -0.05) is 78.1 Å². The van der Waals surface area contributed by atoms with E-state index in [1.54, 1.807) is 0 Å². The molecule has 3 N–H and O–H groups in total. The standard InChI is InChI=1S/C16H34O.H2O4S/c1-4-5-12-15(2)13-10-8-6-7-9-11-14-16(3)17;1-5(2,3)4/h15-17H,4-14H2,1-3H3;(H2,1,2,3,4). The number of hydrogen-bond donors (Lipinski definition) is 3. The first-order chi connectivity index (χ1) is 10.2. The molecule has 22 heavy (non-hydrogen) atoms. The highest BCUT2D eigenvalue weighted by Gasteiger charge is 2.01. The van der Waals surface area contributed by atoms with Crippen molar-refractivity contribution in [2.75, 3.05) is 0 Å². The summed E-state index contributed by atoms with van der Waals surface area (Å²) in [6.07, 6.45) is 14.5. The lowest BCUT2D eigenvalue weighted by molar-refractivity contribution is 0.180. The second-order valence-corrected chi connectivity index (χ2v) is 7.14. The quantitative estimate of drug-likeness (QED) is 0.355. The molecule has 0 saturated heterocycles. The fraction of sp³-hybridized carbons (Fsp3) is 1.00. The Morgan fingerprint density at radius 2 is 1.14 bits per heavy atom. The zero-order valence-corrected chi connectivity index (χ0v) is 15.3. The molecule has 0 bridgehead atoms. The van der Waals surface area contributed by atoms with E-state index in [2.05, 4.69) is 13.8 Å². The summed E-state index contributed by atoms with van der Waals surface area (Å²) in [5, 5.41) is 9.13. The van der Waals surface area contributed by atoms with Gasteiger partial charge in [-0.25, -0.2) is 0 Å². The predicted molar refractivity (Wildman–Crippen MR) is 91.5 cm³/mol. The van der Waals surface area contributed by atoms with Gasteiger partial charge in [0.25, 0.3) is 0 Å². The van der Waals surface area contributed by atoms with Crippen molar-refractivity contribution in [1.29, 1.82) is 0 Å². The number of rotatable bonds is 12. The topological polar surface area (TPSA) is 94.8 Å². The van der Waals surface area contributed by atoms with Crippen molar-refractivity contribution in [3.8, 4) is 0 Å². The van der Waals surface area contributed by atoms with Gasteiger partial charge >= 0.3 is 10.4 Å². The van der Waals surface area contributed by atoms with Gasteiger partial charge < -0.3 is 5.11 Å². The van der Waals surface area contributed by atoms with E-state index in [0.29, 0.717) is 0 Å². The van der Waals surface area contributed by atoms with Crippen molar-refractivity contribution in [3.05, 3.63) is 0 Å². The molecule has 0 fully saturated rings. The molecule has 0 aromatic heterocycles. The molecule has 0 heterocycles. The van der Waals surface area contributed by atoms with Crippen LogP contribution in [0.5, 0.6) is 0 Å². The highest BCUT2D eigenvalue weighted by molar-refractivity contribution is 7.79. The van der Waals surface area contributed by atoms with Gasteiger partial charge in [0, 0.05) is 0 Å². The molecule has 6 heteroatoms. The average Bonchev–Trinajstić information content (AvgIpc) is 2.37. The van der Waals surface area contributed by atoms with Crippen LogP contribution < -0.4 is 0 Å². The minimum absolute atomic E-state index is 0.102. The fourth-order valence-corrected chi connectivity index (χ4v) is 2.34. The van der Waals surface area contributed by atoms with Crippen LogP contribution in [0, 0.1) is 5.92 Å². The molecule has 0 spiro atoms. The van der Waals surface area contributed by atoms with Crippen molar-refractivity contribution in [1.82, 2.24) is 0 Å². The van der Waals surface area contributed by atoms with Crippen LogP contribution in [-0.2, 0) is 10.4 Å². The van der Waals surface area contributed by atoms with Crippen LogP contribution in [0.1, 0.15) is 91.4 Å². The molecule has 0 aromatic rings. The Labute approximate surface area is 137 Å². The Kier molecular flexibility index (Phi) is 17.2. The molecule has 0 aromatic carbocycles. The van der Waals surface area contributed by atoms with E-state index in [4.69, 9.17) is 22.6 Å². The molecule has 0 rings (SSSR count). The Morgan fingerprint density at radius 1 is 0.773 bits per heavy atom. The van der Waals surface area contributed by atoms with Gasteiger partial charge in [0.05, 0.1) is 6.10 Å². The van der Waals surface area contributed by atoms with Gasteiger partial charge in [0.2, 0.25) is 0 Å². The smallest absolute Gasteiger partial charge is 0.393 e. The zero-order valence-electron chi connectivity index (χ0n) is 14.5. The Bertz CT molecular complexity index is 306. The molecule has 2 atom stereocenters. The first-order valence-electron chi connectivity index (χ1n) is 8.54. The van der Waals surface area contributed by atoms with Crippen molar-refractivity contribution in [3.63, 3.8) is 0 Å². The molecule has 136 valence electrons. The van der Waals surface area contributed by atoms with Crippen LogP contribution in [0.15, 0.2) is 0 Å². The minimum Gasteiger partial charge on any atom is -0.393 e. The van der Waals surface area contributed by atoms with Crippen molar-refractivity contribution in [2.24, 2.45) is 5.92 Å². The number of aliphatic hydroxyl groups is 1. The summed E-state index contributed by atoms with van der Waals surface area (Å²) in [5.74, 6) is 0.935. The maximum absolute atomic E-state index is 9.13. The van der Waals surface area contributed by atoms with Crippen LogP contribution in [0.25, 0.3) is 0 Å². The first kappa shape index (κ1) is 24.1. The summed E-state index contributed by atoms with van der Waals surface area (Å²) < 4.78 is 31.6. The third-order valence-electron chi connectivity index (χ3n) is 3.62. The van der Waals surface area contributed by atoms with E-state index >= 15 is 0 Å². The van der Waals surface area contributed by atoms with Crippen LogP contribution in [0.4, 0.5) is 0 Å². The van der Waals surface area contributed by atoms with E-state index in [0.717, 1.165) is 12.3 Å². The third kappa shape index (κ3) is 32.0. The van der Waals surface area contributed by atoms with Gasteiger partial charge in [-0.05, 0) is 19.3 Å². The molecule has 0 aliphatic heterocycles. The maximum Gasteiger partial charge on any atom is 0.394 e. The summed E-state index contributed by atoms with van der Waals surface area (Å²) in [6, 6.07) is 0. The highest BCUT2D eigenvalue weighted by atomic mass is 32.3.